The second kappa shape index (κ2) is 9.69. The van der Waals surface area contributed by atoms with Gasteiger partial charge in [0.25, 0.3) is 11.8 Å². The van der Waals surface area contributed by atoms with Gasteiger partial charge in [0, 0.05) is 11.8 Å². The minimum Gasteiger partial charge on any atom is -0.494 e. The fraction of sp³-hybridized carbons (Fsp3) is 0.185. The molecule has 168 valence electrons. The number of aryl methyl sites for hydroxylation is 1. The summed E-state index contributed by atoms with van der Waals surface area (Å²) in [6, 6.07) is 20.5. The zero-order chi connectivity index (χ0) is 23.4. The molecule has 4 rings (SSSR count). The quantitative estimate of drug-likeness (QED) is 0.478. The van der Waals surface area contributed by atoms with Crippen LogP contribution >= 0.6 is 0 Å². The molecule has 33 heavy (non-hydrogen) atoms. The molecule has 0 fully saturated rings. The maximum absolute atomic E-state index is 13.5. The van der Waals surface area contributed by atoms with Crippen LogP contribution in [0.15, 0.2) is 78.5 Å². The number of amides is 2. The number of halogens is 1. The molecular formula is C27H25FN2O3. The zero-order valence-corrected chi connectivity index (χ0v) is 18.6. The lowest BCUT2D eigenvalue weighted by molar-refractivity contribution is -0.137. The van der Waals surface area contributed by atoms with Crippen LogP contribution in [-0.4, -0.2) is 23.3 Å². The highest BCUT2D eigenvalue weighted by Crippen LogP contribution is 2.32. The van der Waals surface area contributed by atoms with Crippen molar-refractivity contribution >= 4 is 23.1 Å². The molecule has 2 amide bonds. The highest BCUT2D eigenvalue weighted by atomic mass is 19.1. The van der Waals surface area contributed by atoms with Crippen LogP contribution in [0.1, 0.15) is 30.0 Å². The van der Waals surface area contributed by atoms with Crippen molar-refractivity contribution in [1.82, 2.24) is 4.90 Å². The van der Waals surface area contributed by atoms with E-state index in [4.69, 9.17) is 4.74 Å². The predicted octanol–water partition coefficient (Wildman–Crippen LogP) is 5.32. The molecule has 0 aliphatic carbocycles. The second-order valence-electron chi connectivity index (χ2n) is 7.94. The van der Waals surface area contributed by atoms with Crippen LogP contribution in [0.5, 0.6) is 5.75 Å². The van der Waals surface area contributed by atoms with Crippen LogP contribution in [-0.2, 0) is 16.1 Å². The van der Waals surface area contributed by atoms with E-state index in [9.17, 15) is 14.0 Å². The lowest BCUT2D eigenvalue weighted by atomic mass is 10.0. The van der Waals surface area contributed by atoms with Crippen molar-refractivity contribution in [3.05, 3.63) is 101 Å². The number of rotatable bonds is 8. The number of nitrogens with zero attached hydrogens (tertiary/aromatic N) is 1. The van der Waals surface area contributed by atoms with E-state index in [1.165, 1.54) is 29.2 Å². The summed E-state index contributed by atoms with van der Waals surface area (Å²) in [5.41, 5.74) is 3.41. The van der Waals surface area contributed by atoms with E-state index in [2.05, 4.69) is 5.32 Å². The maximum Gasteiger partial charge on any atom is 0.278 e. The smallest absolute Gasteiger partial charge is 0.278 e. The minimum atomic E-state index is -0.431. The molecule has 5 nitrogen and oxygen atoms in total. The summed E-state index contributed by atoms with van der Waals surface area (Å²) < 4.78 is 19.2. The number of nitrogens with one attached hydrogen (secondary N) is 1. The summed E-state index contributed by atoms with van der Waals surface area (Å²) in [6.07, 6.45) is 0.873. The van der Waals surface area contributed by atoms with Gasteiger partial charge in [-0.3, -0.25) is 14.5 Å². The Morgan fingerprint density at radius 2 is 1.67 bits per heavy atom. The first kappa shape index (κ1) is 22.3. The summed E-state index contributed by atoms with van der Waals surface area (Å²) in [5, 5.41) is 3.12. The van der Waals surface area contributed by atoms with Crippen LogP contribution in [0.4, 0.5) is 10.1 Å². The molecule has 0 bridgehead atoms. The van der Waals surface area contributed by atoms with E-state index in [0.29, 0.717) is 23.6 Å². The normalized spacial score (nSPS) is 13.6. The monoisotopic (exact) mass is 444 g/mol. The molecule has 0 unspecified atom stereocenters. The lowest BCUT2D eigenvalue weighted by Crippen LogP contribution is -2.32. The average Bonchev–Trinajstić information content (AvgIpc) is 3.04. The molecule has 0 aromatic heterocycles. The van der Waals surface area contributed by atoms with Gasteiger partial charge in [0.2, 0.25) is 0 Å². The van der Waals surface area contributed by atoms with E-state index in [1.54, 1.807) is 12.1 Å². The zero-order valence-electron chi connectivity index (χ0n) is 18.6. The molecule has 0 spiro atoms. The summed E-state index contributed by atoms with van der Waals surface area (Å²) in [5.74, 6) is -0.602. The average molecular weight is 445 g/mol. The van der Waals surface area contributed by atoms with E-state index in [-0.39, 0.29) is 17.8 Å². The van der Waals surface area contributed by atoms with Gasteiger partial charge in [-0.2, -0.15) is 0 Å². The number of benzene rings is 3. The Morgan fingerprint density at radius 1 is 0.939 bits per heavy atom. The third-order valence-electron chi connectivity index (χ3n) is 5.34. The second-order valence-corrected chi connectivity index (χ2v) is 7.94. The van der Waals surface area contributed by atoms with Gasteiger partial charge < -0.3 is 10.1 Å². The molecule has 0 saturated carbocycles. The first-order valence-corrected chi connectivity index (χ1v) is 10.9. The summed E-state index contributed by atoms with van der Waals surface area (Å²) in [6.45, 7) is 4.72. The number of hydrogen-bond donors (Lipinski definition) is 1. The van der Waals surface area contributed by atoms with Gasteiger partial charge in [-0.15, -0.1) is 0 Å². The Morgan fingerprint density at radius 3 is 2.36 bits per heavy atom. The molecule has 0 saturated heterocycles. The number of carbonyl (C=O) groups excluding carboxylic acids is 2. The van der Waals surface area contributed by atoms with Gasteiger partial charge in [-0.25, -0.2) is 4.39 Å². The molecule has 1 heterocycles. The molecule has 3 aromatic rings. The molecule has 6 heteroatoms. The molecule has 1 aliphatic heterocycles. The highest BCUT2D eigenvalue weighted by Gasteiger charge is 2.39. The van der Waals surface area contributed by atoms with Gasteiger partial charge in [-0.05, 0) is 48.7 Å². The number of anilines is 1. The molecule has 1 N–H and O–H groups in total. The number of ether oxygens (including phenoxy) is 1. The van der Waals surface area contributed by atoms with Gasteiger partial charge in [0.15, 0.2) is 0 Å². The van der Waals surface area contributed by atoms with Gasteiger partial charge >= 0.3 is 0 Å². The number of hydrogen-bond acceptors (Lipinski definition) is 4. The minimum absolute atomic E-state index is 0.146. The Kier molecular flexibility index (Phi) is 6.54. The van der Waals surface area contributed by atoms with Gasteiger partial charge in [0.1, 0.15) is 17.3 Å². The van der Waals surface area contributed by atoms with E-state index >= 15 is 0 Å². The number of imide groups is 1. The SMILES string of the molecule is CCCOc1cccc(NC2=C(c3ccc(F)cc3)C(=O)N(Cc3ccc(C)cc3)C2=O)c1. The van der Waals surface area contributed by atoms with Crippen molar-refractivity contribution < 1.29 is 18.7 Å². The first-order chi connectivity index (χ1) is 16.0. The molecule has 3 aromatic carbocycles. The van der Waals surface area contributed by atoms with Crippen LogP contribution in [0, 0.1) is 12.7 Å². The number of carbonyl (C=O) groups is 2. The predicted molar refractivity (Wildman–Crippen MR) is 126 cm³/mol. The van der Waals surface area contributed by atoms with Crippen molar-refractivity contribution in [3.8, 4) is 5.75 Å². The third-order valence-corrected chi connectivity index (χ3v) is 5.34. The van der Waals surface area contributed by atoms with Gasteiger partial charge in [-0.1, -0.05) is 55.0 Å². The maximum atomic E-state index is 13.5. The van der Waals surface area contributed by atoms with Crippen molar-refractivity contribution in [2.75, 3.05) is 11.9 Å². The lowest BCUT2D eigenvalue weighted by Gasteiger charge is -2.16. The molecule has 0 atom stereocenters. The third kappa shape index (κ3) is 4.95. The van der Waals surface area contributed by atoms with Crippen LogP contribution in [0.25, 0.3) is 5.57 Å². The van der Waals surface area contributed by atoms with Crippen molar-refractivity contribution in [2.24, 2.45) is 0 Å². The Bertz CT molecular complexity index is 1200. The van der Waals surface area contributed by atoms with Crippen molar-refractivity contribution in [3.63, 3.8) is 0 Å². The van der Waals surface area contributed by atoms with Crippen LogP contribution in [0.3, 0.4) is 0 Å². The molecule has 1 aliphatic rings. The summed E-state index contributed by atoms with van der Waals surface area (Å²) in [4.78, 5) is 28.0. The van der Waals surface area contributed by atoms with Crippen LogP contribution < -0.4 is 10.1 Å². The van der Waals surface area contributed by atoms with Crippen molar-refractivity contribution in [2.45, 2.75) is 26.8 Å². The first-order valence-electron chi connectivity index (χ1n) is 10.9. The highest BCUT2D eigenvalue weighted by molar-refractivity contribution is 6.36. The van der Waals surface area contributed by atoms with E-state index in [1.807, 2.05) is 50.2 Å². The van der Waals surface area contributed by atoms with Crippen LogP contribution in [0.2, 0.25) is 0 Å². The Balaban J connectivity index is 1.69. The topological polar surface area (TPSA) is 58.6 Å². The van der Waals surface area contributed by atoms with Crippen molar-refractivity contribution in [1.29, 1.82) is 0 Å². The molecule has 0 radical (unpaired) electrons. The van der Waals surface area contributed by atoms with E-state index in [0.717, 1.165) is 17.5 Å². The Labute approximate surface area is 192 Å². The Hall–Kier alpha value is -3.93. The summed E-state index contributed by atoms with van der Waals surface area (Å²) >= 11 is 0. The fourth-order valence-electron chi connectivity index (χ4n) is 3.62. The van der Waals surface area contributed by atoms with E-state index < -0.39 is 17.6 Å². The largest absolute Gasteiger partial charge is 0.494 e. The van der Waals surface area contributed by atoms with Gasteiger partial charge in [0.05, 0.1) is 18.7 Å². The summed E-state index contributed by atoms with van der Waals surface area (Å²) in [7, 11) is 0. The fourth-order valence-corrected chi connectivity index (χ4v) is 3.62. The molecular weight excluding hydrogens is 419 g/mol. The standard InChI is InChI=1S/C27H25FN2O3/c1-3-15-33-23-6-4-5-22(16-23)29-25-24(20-11-13-21(28)14-12-20)26(31)30(27(25)32)17-19-9-7-18(2)8-10-19/h4-14,16,29H,3,15,17H2,1-2H3.